The molecule has 1 spiro atoms. The van der Waals surface area contributed by atoms with Gasteiger partial charge in [0.25, 0.3) is 0 Å². The van der Waals surface area contributed by atoms with Crippen molar-refractivity contribution in [2.45, 2.75) is 63.9 Å². The summed E-state index contributed by atoms with van der Waals surface area (Å²) in [5.41, 5.74) is 0.0571. The Hall–Kier alpha value is -0.410. The molecule has 3 heteroatoms. The predicted molar refractivity (Wildman–Crippen MR) is 72.7 cm³/mol. The quantitative estimate of drug-likeness (QED) is 0.766. The summed E-state index contributed by atoms with van der Waals surface area (Å²) in [4.78, 5) is 12.2. The zero-order chi connectivity index (χ0) is 12.8. The number of ketones is 1. The molecule has 0 amide bonds. The van der Waals surface area contributed by atoms with Gasteiger partial charge in [0.05, 0.1) is 12.1 Å². The first-order chi connectivity index (χ1) is 8.76. The molecule has 2 rings (SSSR count). The van der Waals surface area contributed by atoms with Crippen LogP contribution in [0.3, 0.4) is 0 Å². The maximum atomic E-state index is 12.2. The molecule has 18 heavy (non-hydrogen) atoms. The molecule has 1 heterocycles. The van der Waals surface area contributed by atoms with Crippen LogP contribution >= 0.6 is 0 Å². The van der Waals surface area contributed by atoms with E-state index < -0.39 is 0 Å². The van der Waals surface area contributed by atoms with Crippen molar-refractivity contribution in [1.29, 1.82) is 0 Å². The number of hydrogen-bond donors (Lipinski definition) is 1. The number of carbonyl (C=O) groups excluding carboxylic acids is 1. The van der Waals surface area contributed by atoms with E-state index >= 15 is 0 Å². The molecular weight excluding hydrogens is 226 g/mol. The van der Waals surface area contributed by atoms with Crippen molar-refractivity contribution in [2.75, 3.05) is 19.7 Å². The third kappa shape index (κ3) is 3.55. The van der Waals surface area contributed by atoms with Crippen LogP contribution in [0.25, 0.3) is 0 Å². The fraction of sp³-hybridized carbons (Fsp3) is 0.933. The van der Waals surface area contributed by atoms with E-state index in [4.69, 9.17) is 4.74 Å². The lowest BCUT2D eigenvalue weighted by Gasteiger charge is -2.43. The summed E-state index contributed by atoms with van der Waals surface area (Å²) in [6, 6.07) is 0. The second kappa shape index (κ2) is 6.67. The molecule has 1 aliphatic carbocycles. The van der Waals surface area contributed by atoms with Crippen LogP contribution in [0, 0.1) is 5.92 Å². The maximum absolute atomic E-state index is 12.2. The fourth-order valence-corrected chi connectivity index (χ4v) is 3.38. The molecule has 1 aliphatic heterocycles. The van der Waals surface area contributed by atoms with Gasteiger partial charge in [-0.3, -0.25) is 4.79 Å². The standard InChI is InChI=1S/C15H27NO2/c1-2-9-16-12-14(17)13-6-10-18-15(11-13)7-4-3-5-8-15/h13,16H,2-12H2,1H3. The van der Waals surface area contributed by atoms with Gasteiger partial charge in [0.1, 0.15) is 5.78 Å². The molecule has 0 aromatic carbocycles. The lowest BCUT2D eigenvalue weighted by Crippen LogP contribution is -2.44. The van der Waals surface area contributed by atoms with Crippen LogP contribution < -0.4 is 5.32 Å². The van der Waals surface area contributed by atoms with Gasteiger partial charge in [0.15, 0.2) is 0 Å². The first-order valence-corrected chi connectivity index (χ1v) is 7.63. The summed E-state index contributed by atoms with van der Waals surface area (Å²) in [6.07, 6.45) is 9.20. The van der Waals surface area contributed by atoms with Crippen molar-refractivity contribution in [3.63, 3.8) is 0 Å². The molecule has 0 aromatic heterocycles. The number of carbonyl (C=O) groups is 1. The van der Waals surface area contributed by atoms with Crippen LogP contribution in [0.4, 0.5) is 0 Å². The minimum Gasteiger partial charge on any atom is -0.375 e. The van der Waals surface area contributed by atoms with Crippen molar-refractivity contribution in [1.82, 2.24) is 5.32 Å². The van der Waals surface area contributed by atoms with Crippen LogP contribution in [0.2, 0.25) is 0 Å². The maximum Gasteiger partial charge on any atom is 0.149 e. The highest BCUT2D eigenvalue weighted by Gasteiger charge is 2.40. The topological polar surface area (TPSA) is 38.3 Å². The predicted octanol–water partition coefficient (Wildman–Crippen LogP) is 2.68. The summed E-state index contributed by atoms with van der Waals surface area (Å²) < 4.78 is 6.04. The number of rotatable bonds is 5. The Morgan fingerprint density at radius 2 is 2.11 bits per heavy atom. The van der Waals surface area contributed by atoms with E-state index in [0.717, 1.165) is 32.4 Å². The van der Waals surface area contributed by atoms with E-state index in [9.17, 15) is 4.79 Å². The third-order valence-electron chi connectivity index (χ3n) is 4.44. The summed E-state index contributed by atoms with van der Waals surface area (Å²) in [5.74, 6) is 0.637. The molecule has 3 nitrogen and oxygen atoms in total. The highest BCUT2D eigenvalue weighted by molar-refractivity contribution is 5.83. The molecule has 2 aliphatic rings. The normalized spacial score (nSPS) is 27.3. The van der Waals surface area contributed by atoms with Crippen molar-refractivity contribution < 1.29 is 9.53 Å². The average Bonchev–Trinajstić information content (AvgIpc) is 2.40. The Balaban J connectivity index is 1.83. The van der Waals surface area contributed by atoms with Gasteiger partial charge in [-0.25, -0.2) is 0 Å². The Labute approximate surface area is 111 Å². The van der Waals surface area contributed by atoms with Crippen LogP contribution in [-0.2, 0) is 9.53 Å². The number of ether oxygens (including phenoxy) is 1. The van der Waals surface area contributed by atoms with E-state index in [2.05, 4.69) is 12.2 Å². The summed E-state index contributed by atoms with van der Waals surface area (Å²) in [6.45, 7) is 4.40. The zero-order valence-electron chi connectivity index (χ0n) is 11.7. The van der Waals surface area contributed by atoms with Crippen LogP contribution in [-0.4, -0.2) is 31.1 Å². The SMILES string of the molecule is CCCNCC(=O)C1CCOC2(CCCCC2)C1. The molecular formula is C15H27NO2. The van der Waals surface area contributed by atoms with Crippen molar-refractivity contribution in [2.24, 2.45) is 5.92 Å². The Morgan fingerprint density at radius 3 is 2.83 bits per heavy atom. The van der Waals surface area contributed by atoms with E-state index in [0.29, 0.717) is 12.3 Å². The first-order valence-electron chi connectivity index (χ1n) is 7.63. The van der Waals surface area contributed by atoms with Gasteiger partial charge < -0.3 is 10.1 Å². The molecule has 104 valence electrons. The van der Waals surface area contributed by atoms with Gasteiger partial charge >= 0.3 is 0 Å². The van der Waals surface area contributed by atoms with Crippen LogP contribution in [0.1, 0.15) is 58.3 Å². The monoisotopic (exact) mass is 253 g/mol. The molecule has 1 unspecified atom stereocenters. The van der Waals surface area contributed by atoms with Gasteiger partial charge in [0.2, 0.25) is 0 Å². The molecule has 2 fully saturated rings. The number of nitrogens with one attached hydrogen (secondary N) is 1. The summed E-state index contributed by atoms with van der Waals surface area (Å²) in [5, 5.41) is 3.23. The minimum absolute atomic E-state index is 0.0571. The van der Waals surface area contributed by atoms with Crippen molar-refractivity contribution in [3.05, 3.63) is 0 Å². The highest BCUT2D eigenvalue weighted by atomic mass is 16.5. The van der Waals surface area contributed by atoms with Gasteiger partial charge in [-0.05, 0) is 38.6 Å². The lowest BCUT2D eigenvalue weighted by molar-refractivity contribution is -0.142. The lowest BCUT2D eigenvalue weighted by atomic mass is 9.75. The second-order valence-corrected chi connectivity index (χ2v) is 5.92. The van der Waals surface area contributed by atoms with Crippen LogP contribution in [0.15, 0.2) is 0 Å². The second-order valence-electron chi connectivity index (χ2n) is 5.92. The van der Waals surface area contributed by atoms with Gasteiger partial charge in [-0.2, -0.15) is 0 Å². The molecule has 1 N–H and O–H groups in total. The Kier molecular flexibility index (Phi) is 5.19. The summed E-state index contributed by atoms with van der Waals surface area (Å²) >= 11 is 0. The molecule has 0 bridgehead atoms. The van der Waals surface area contributed by atoms with E-state index in [1.54, 1.807) is 0 Å². The molecule has 1 saturated heterocycles. The number of Topliss-reactive ketones (excluding diaryl/α,β-unsaturated/α-hetero) is 1. The Bertz CT molecular complexity index is 266. The minimum atomic E-state index is 0.0571. The van der Waals surface area contributed by atoms with Gasteiger partial charge in [-0.1, -0.05) is 26.2 Å². The summed E-state index contributed by atoms with van der Waals surface area (Å²) in [7, 11) is 0. The zero-order valence-corrected chi connectivity index (χ0v) is 11.7. The molecule has 1 atom stereocenters. The van der Waals surface area contributed by atoms with Crippen molar-refractivity contribution >= 4 is 5.78 Å². The van der Waals surface area contributed by atoms with Crippen molar-refractivity contribution in [3.8, 4) is 0 Å². The highest BCUT2D eigenvalue weighted by Crippen LogP contribution is 2.40. The third-order valence-corrected chi connectivity index (χ3v) is 4.44. The van der Waals surface area contributed by atoms with E-state index in [1.165, 1.54) is 32.1 Å². The van der Waals surface area contributed by atoms with E-state index in [1.807, 2.05) is 0 Å². The fourth-order valence-electron chi connectivity index (χ4n) is 3.38. The van der Waals surface area contributed by atoms with Gasteiger partial charge in [-0.15, -0.1) is 0 Å². The first kappa shape index (κ1) is 14.0. The number of hydrogen-bond acceptors (Lipinski definition) is 3. The largest absolute Gasteiger partial charge is 0.375 e. The Morgan fingerprint density at radius 1 is 1.33 bits per heavy atom. The average molecular weight is 253 g/mol. The van der Waals surface area contributed by atoms with E-state index in [-0.39, 0.29) is 11.5 Å². The van der Waals surface area contributed by atoms with Crippen LogP contribution in [0.5, 0.6) is 0 Å². The molecule has 0 radical (unpaired) electrons. The molecule has 0 aromatic rings. The van der Waals surface area contributed by atoms with Gasteiger partial charge in [0, 0.05) is 12.5 Å². The molecule has 1 saturated carbocycles. The smallest absolute Gasteiger partial charge is 0.149 e.